The Bertz CT molecular complexity index is 1420. The SMILES string of the molecule is CC/C=C\C/C=C\C/C=C\C/C=C\C=C\C(O)CCCC(=O)OC[C@H](COP(=O)(O)OCCN)OC(=O)CC/C=C\C/C=C\C/C=C\C/C=C\C/C=C\C/C=C\CC. The number of esters is 2. The van der Waals surface area contributed by atoms with E-state index in [1.165, 1.54) is 0 Å². The quantitative estimate of drug-likeness (QED) is 0.0241. The zero-order chi connectivity index (χ0) is 42.6. The lowest BCUT2D eigenvalue weighted by Crippen LogP contribution is -2.29. The fourth-order valence-electron chi connectivity index (χ4n) is 4.63. The summed E-state index contributed by atoms with van der Waals surface area (Å²) in [6.45, 7) is 3.14. The molecule has 0 aromatic rings. The molecule has 2 unspecified atom stereocenters. The average Bonchev–Trinajstić information content (AvgIpc) is 3.20. The van der Waals surface area contributed by atoms with Crippen molar-refractivity contribution in [3.63, 3.8) is 0 Å². The summed E-state index contributed by atoms with van der Waals surface area (Å²) < 4.78 is 32.5. The number of hydrogen-bond acceptors (Lipinski definition) is 9. The van der Waals surface area contributed by atoms with E-state index in [2.05, 4.69) is 111 Å². The van der Waals surface area contributed by atoms with Gasteiger partial charge in [-0.15, -0.1) is 0 Å². The zero-order valence-electron chi connectivity index (χ0n) is 35.1. The van der Waals surface area contributed by atoms with Gasteiger partial charge in [-0.3, -0.25) is 18.6 Å². The first-order valence-corrected chi connectivity index (χ1v) is 22.3. The normalized spacial score (nSPS) is 15.2. The van der Waals surface area contributed by atoms with Crippen LogP contribution in [0.25, 0.3) is 0 Å². The van der Waals surface area contributed by atoms with Gasteiger partial charge in [0, 0.05) is 19.4 Å². The molecule has 0 aliphatic heterocycles. The molecule has 0 aliphatic rings. The smallest absolute Gasteiger partial charge is 0.462 e. The molecule has 0 aromatic heterocycles. The Morgan fingerprint density at radius 1 is 0.603 bits per heavy atom. The molecule has 0 rings (SSSR count). The molecule has 0 aromatic carbocycles. The number of phosphoric acid groups is 1. The van der Waals surface area contributed by atoms with Gasteiger partial charge in [0.25, 0.3) is 0 Å². The molecule has 11 heteroatoms. The number of aliphatic hydroxyl groups excluding tert-OH is 1. The highest BCUT2D eigenvalue weighted by molar-refractivity contribution is 7.47. The largest absolute Gasteiger partial charge is 0.472 e. The lowest BCUT2D eigenvalue weighted by atomic mass is 10.1. The Balaban J connectivity index is 4.53. The number of carbonyl (C=O) groups is 2. The second-order valence-electron chi connectivity index (χ2n) is 12.9. The summed E-state index contributed by atoms with van der Waals surface area (Å²) in [6, 6.07) is 0. The van der Waals surface area contributed by atoms with E-state index >= 15 is 0 Å². The minimum atomic E-state index is -4.45. The Hall–Kier alpha value is -3.89. The minimum absolute atomic E-state index is 0.00740. The summed E-state index contributed by atoms with van der Waals surface area (Å²) in [6.07, 6.45) is 53.9. The van der Waals surface area contributed by atoms with Crippen LogP contribution in [0.2, 0.25) is 0 Å². The summed E-state index contributed by atoms with van der Waals surface area (Å²) in [4.78, 5) is 34.8. The van der Waals surface area contributed by atoms with Crippen molar-refractivity contribution in [2.24, 2.45) is 5.73 Å². The topological polar surface area (TPSA) is 155 Å². The molecule has 0 amide bonds. The third kappa shape index (κ3) is 40.3. The maximum atomic E-state index is 12.5. The summed E-state index contributed by atoms with van der Waals surface area (Å²) >= 11 is 0. The van der Waals surface area contributed by atoms with Crippen LogP contribution in [0, 0.1) is 0 Å². The molecule has 0 saturated carbocycles. The van der Waals surface area contributed by atoms with Gasteiger partial charge in [-0.25, -0.2) is 4.57 Å². The number of nitrogens with two attached hydrogens (primary N) is 1. The average molecular weight is 826 g/mol. The molecule has 3 atom stereocenters. The third-order valence-electron chi connectivity index (χ3n) is 7.65. The van der Waals surface area contributed by atoms with Crippen molar-refractivity contribution in [1.82, 2.24) is 0 Å². The van der Waals surface area contributed by atoms with Crippen LogP contribution >= 0.6 is 7.82 Å². The monoisotopic (exact) mass is 825 g/mol. The van der Waals surface area contributed by atoms with Gasteiger partial charge < -0.3 is 25.2 Å². The fourth-order valence-corrected chi connectivity index (χ4v) is 5.39. The maximum absolute atomic E-state index is 12.5. The third-order valence-corrected chi connectivity index (χ3v) is 8.63. The van der Waals surface area contributed by atoms with Crippen molar-refractivity contribution in [2.75, 3.05) is 26.4 Å². The number of allylic oxidation sites excluding steroid dienone is 21. The molecule has 324 valence electrons. The van der Waals surface area contributed by atoms with Gasteiger partial charge in [0.1, 0.15) is 6.61 Å². The van der Waals surface area contributed by atoms with Crippen LogP contribution < -0.4 is 5.73 Å². The molecule has 4 N–H and O–H groups in total. The van der Waals surface area contributed by atoms with Gasteiger partial charge in [0.15, 0.2) is 6.10 Å². The summed E-state index contributed by atoms with van der Waals surface area (Å²) in [5.74, 6) is -1.15. The minimum Gasteiger partial charge on any atom is -0.462 e. The van der Waals surface area contributed by atoms with Gasteiger partial charge in [-0.1, -0.05) is 148 Å². The van der Waals surface area contributed by atoms with Crippen molar-refractivity contribution >= 4 is 19.8 Å². The number of phosphoric ester groups is 1. The van der Waals surface area contributed by atoms with E-state index in [-0.39, 0.29) is 32.6 Å². The highest BCUT2D eigenvalue weighted by atomic mass is 31.2. The molecule has 0 fully saturated rings. The van der Waals surface area contributed by atoms with Crippen LogP contribution in [0.15, 0.2) is 134 Å². The second-order valence-corrected chi connectivity index (χ2v) is 14.4. The van der Waals surface area contributed by atoms with Crippen LogP contribution in [0.5, 0.6) is 0 Å². The second kappa shape index (κ2) is 41.3. The maximum Gasteiger partial charge on any atom is 0.472 e. The predicted molar refractivity (Wildman–Crippen MR) is 239 cm³/mol. The molecule has 0 radical (unpaired) electrons. The summed E-state index contributed by atoms with van der Waals surface area (Å²) in [5.41, 5.74) is 5.33. The van der Waals surface area contributed by atoms with E-state index in [0.29, 0.717) is 19.3 Å². The van der Waals surface area contributed by atoms with E-state index in [9.17, 15) is 24.2 Å². The molecular formula is C47H72NO9P. The highest BCUT2D eigenvalue weighted by Gasteiger charge is 2.25. The first kappa shape index (κ1) is 54.1. The Labute approximate surface area is 349 Å². The van der Waals surface area contributed by atoms with Gasteiger partial charge in [-0.05, 0) is 83.5 Å². The molecule has 0 heterocycles. The van der Waals surface area contributed by atoms with Crippen molar-refractivity contribution in [2.45, 2.75) is 122 Å². The van der Waals surface area contributed by atoms with Gasteiger partial charge in [0.05, 0.1) is 19.3 Å². The summed E-state index contributed by atoms with van der Waals surface area (Å²) in [7, 11) is -4.45. The highest BCUT2D eigenvalue weighted by Crippen LogP contribution is 2.43. The molecule has 0 saturated heterocycles. The molecule has 10 nitrogen and oxygen atoms in total. The van der Waals surface area contributed by atoms with Crippen molar-refractivity contribution in [1.29, 1.82) is 0 Å². The van der Waals surface area contributed by atoms with E-state index in [1.807, 2.05) is 24.3 Å². The fraction of sp³-hybridized carbons (Fsp3) is 0.489. The standard InChI is InChI=1S/C47H72NO9P/c1-3-5-7-9-11-13-15-17-18-19-20-21-22-24-26-28-30-32-34-38-47(51)57-45(43-56-58(52,53)55-41-40-48)42-54-46(50)39-35-37-44(49)36-33-31-29-27-25-23-16-14-12-10-8-6-4-2/h5-8,11-14,17-18,20-21,23-26,29-33,36,44-45,49H,3-4,9-10,15-16,19,22,27-28,34-35,37-43,48H2,1-2H3,(H,52,53)/b7-5-,8-6-,13-11-,14-12-,18-17-,21-20-,25-23-,26-24-,31-29-,32-30-,36-33+/t44?,45-/m1/s1. The van der Waals surface area contributed by atoms with Crippen LogP contribution in [-0.4, -0.2) is 60.5 Å². The van der Waals surface area contributed by atoms with Gasteiger partial charge >= 0.3 is 19.8 Å². The Morgan fingerprint density at radius 3 is 1.55 bits per heavy atom. The number of hydrogen-bond donors (Lipinski definition) is 3. The number of carbonyl (C=O) groups excluding carboxylic acids is 2. The van der Waals surface area contributed by atoms with Gasteiger partial charge in [-0.2, -0.15) is 0 Å². The van der Waals surface area contributed by atoms with Crippen LogP contribution in [0.4, 0.5) is 0 Å². The Morgan fingerprint density at radius 2 is 1.07 bits per heavy atom. The molecular weight excluding hydrogens is 753 g/mol. The van der Waals surface area contributed by atoms with E-state index in [4.69, 9.17) is 24.3 Å². The van der Waals surface area contributed by atoms with E-state index in [0.717, 1.165) is 64.2 Å². The predicted octanol–water partition coefficient (Wildman–Crippen LogP) is 10.9. The van der Waals surface area contributed by atoms with Gasteiger partial charge in [0.2, 0.25) is 0 Å². The van der Waals surface area contributed by atoms with Crippen molar-refractivity contribution in [3.05, 3.63) is 134 Å². The summed E-state index contributed by atoms with van der Waals surface area (Å²) in [5, 5.41) is 10.2. The Kier molecular flexibility index (Phi) is 38.5. The van der Waals surface area contributed by atoms with Crippen LogP contribution in [0.1, 0.15) is 110 Å². The van der Waals surface area contributed by atoms with E-state index < -0.39 is 38.6 Å². The van der Waals surface area contributed by atoms with E-state index in [1.54, 1.807) is 12.2 Å². The number of ether oxygens (including phenoxy) is 2. The molecule has 0 aliphatic carbocycles. The first-order chi connectivity index (χ1) is 28.2. The zero-order valence-corrected chi connectivity index (χ0v) is 36.0. The molecule has 0 bridgehead atoms. The van der Waals surface area contributed by atoms with Crippen molar-refractivity contribution < 1.29 is 42.7 Å². The first-order valence-electron chi connectivity index (χ1n) is 20.8. The number of aliphatic hydroxyl groups is 1. The van der Waals surface area contributed by atoms with Crippen molar-refractivity contribution in [3.8, 4) is 0 Å². The van der Waals surface area contributed by atoms with Crippen LogP contribution in [0.3, 0.4) is 0 Å². The number of rotatable bonds is 36. The molecule has 58 heavy (non-hydrogen) atoms. The van der Waals surface area contributed by atoms with Crippen LogP contribution in [-0.2, 0) is 32.7 Å². The molecule has 0 spiro atoms. The lowest BCUT2D eigenvalue weighted by molar-refractivity contribution is -0.161. The lowest BCUT2D eigenvalue weighted by Gasteiger charge is -2.19.